The topological polar surface area (TPSA) is 96.0 Å². The molecular formula is C21H25N3O5S. The number of anilines is 2. The molecule has 8 nitrogen and oxygen atoms in total. The maximum atomic E-state index is 13.1. The third kappa shape index (κ3) is 4.80. The van der Waals surface area contributed by atoms with Gasteiger partial charge in [0.25, 0.3) is 0 Å². The number of hydrogen-bond donors (Lipinski definition) is 1. The van der Waals surface area contributed by atoms with Crippen LogP contribution in [0.1, 0.15) is 12.8 Å². The fraction of sp³-hybridized carbons (Fsp3) is 0.333. The van der Waals surface area contributed by atoms with Crippen LogP contribution in [-0.2, 0) is 19.6 Å². The number of para-hydroxylation sites is 1. The fourth-order valence-electron chi connectivity index (χ4n) is 3.44. The number of carbonyl (C=O) groups is 2. The van der Waals surface area contributed by atoms with Crippen molar-refractivity contribution in [2.75, 3.05) is 37.5 Å². The number of nitrogens with zero attached hydrogens (tertiary/aromatic N) is 2. The molecule has 0 saturated carbocycles. The van der Waals surface area contributed by atoms with Crippen LogP contribution in [0.15, 0.2) is 59.5 Å². The normalized spacial score (nSPS) is 17.2. The van der Waals surface area contributed by atoms with Crippen LogP contribution < -0.4 is 10.2 Å². The van der Waals surface area contributed by atoms with Crippen LogP contribution in [0.4, 0.5) is 16.2 Å². The van der Waals surface area contributed by atoms with Gasteiger partial charge in [0.15, 0.2) is 0 Å². The third-order valence-electron chi connectivity index (χ3n) is 5.13. The number of benzene rings is 2. The van der Waals surface area contributed by atoms with E-state index < -0.39 is 22.0 Å². The molecule has 30 heavy (non-hydrogen) atoms. The summed E-state index contributed by atoms with van der Waals surface area (Å²) < 4.78 is 32.0. The summed E-state index contributed by atoms with van der Waals surface area (Å²) in [6.45, 7) is 0.504. The summed E-state index contributed by atoms with van der Waals surface area (Å²) in [5, 5.41) is 2.48. The molecule has 0 aliphatic carbocycles. The molecule has 1 heterocycles. The molecule has 0 bridgehead atoms. The molecule has 2 amide bonds. The highest BCUT2D eigenvalue weighted by Crippen LogP contribution is 2.27. The van der Waals surface area contributed by atoms with Crippen LogP contribution in [0.2, 0.25) is 0 Å². The SMILES string of the molecule is COC(=O)Nc1ccc(S(=O)(=O)N2CCCC(C(=O)N(C)c3ccccc3)C2)cc1. The summed E-state index contributed by atoms with van der Waals surface area (Å²) in [6.07, 6.45) is 0.620. The maximum Gasteiger partial charge on any atom is 0.411 e. The van der Waals surface area contributed by atoms with Gasteiger partial charge in [-0.15, -0.1) is 0 Å². The quantitative estimate of drug-likeness (QED) is 0.785. The molecule has 2 aromatic carbocycles. The summed E-state index contributed by atoms with van der Waals surface area (Å²) in [7, 11) is -0.797. The van der Waals surface area contributed by atoms with Crippen molar-refractivity contribution in [1.82, 2.24) is 4.31 Å². The molecule has 1 aliphatic rings. The van der Waals surface area contributed by atoms with E-state index in [4.69, 9.17) is 0 Å². The molecule has 1 fully saturated rings. The van der Waals surface area contributed by atoms with E-state index in [-0.39, 0.29) is 17.3 Å². The van der Waals surface area contributed by atoms with E-state index in [9.17, 15) is 18.0 Å². The van der Waals surface area contributed by atoms with Gasteiger partial charge in [0.05, 0.1) is 17.9 Å². The molecule has 1 aliphatic heterocycles. The number of amides is 2. The lowest BCUT2D eigenvalue weighted by Gasteiger charge is -2.33. The van der Waals surface area contributed by atoms with Crippen molar-refractivity contribution in [2.24, 2.45) is 5.92 Å². The van der Waals surface area contributed by atoms with E-state index >= 15 is 0 Å². The Labute approximate surface area is 176 Å². The van der Waals surface area contributed by atoms with Gasteiger partial charge in [0, 0.05) is 31.5 Å². The number of ether oxygens (including phenoxy) is 1. The van der Waals surface area contributed by atoms with Gasteiger partial charge in [-0.2, -0.15) is 4.31 Å². The van der Waals surface area contributed by atoms with E-state index in [0.29, 0.717) is 25.1 Å². The summed E-state index contributed by atoms with van der Waals surface area (Å²) in [5.74, 6) is -0.502. The first-order valence-corrected chi connectivity index (χ1v) is 11.0. The molecule has 1 N–H and O–H groups in total. The number of piperidine rings is 1. The number of rotatable bonds is 5. The molecule has 2 aromatic rings. The van der Waals surface area contributed by atoms with Gasteiger partial charge in [0.1, 0.15) is 0 Å². The van der Waals surface area contributed by atoms with Crippen LogP contribution in [0.5, 0.6) is 0 Å². The van der Waals surface area contributed by atoms with Crippen LogP contribution in [0, 0.1) is 5.92 Å². The minimum absolute atomic E-state index is 0.0984. The molecular weight excluding hydrogens is 406 g/mol. The largest absolute Gasteiger partial charge is 0.453 e. The number of carbonyl (C=O) groups excluding carboxylic acids is 2. The first-order valence-electron chi connectivity index (χ1n) is 9.60. The monoisotopic (exact) mass is 431 g/mol. The highest BCUT2D eigenvalue weighted by molar-refractivity contribution is 7.89. The zero-order chi connectivity index (χ0) is 21.7. The van der Waals surface area contributed by atoms with Crippen LogP contribution in [0.3, 0.4) is 0 Å². The molecule has 1 atom stereocenters. The Bertz CT molecular complexity index is 993. The average molecular weight is 432 g/mol. The van der Waals surface area contributed by atoms with Gasteiger partial charge < -0.3 is 9.64 Å². The van der Waals surface area contributed by atoms with Gasteiger partial charge in [-0.3, -0.25) is 10.1 Å². The predicted octanol–water partition coefficient (Wildman–Crippen LogP) is 2.93. The van der Waals surface area contributed by atoms with Crippen molar-refractivity contribution in [3.8, 4) is 0 Å². The zero-order valence-corrected chi connectivity index (χ0v) is 17.8. The summed E-state index contributed by atoms with van der Waals surface area (Å²) in [4.78, 5) is 25.9. The lowest BCUT2D eigenvalue weighted by Crippen LogP contribution is -2.45. The standard InChI is InChI=1S/C21H25N3O5S/c1-23(18-8-4-3-5-9-18)20(25)16-7-6-14-24(15-16)30(27,28)19-12-10-17(11-13-19)22-21(26)29-2/h3-5,8-13,16H,6-7,14-15H2,1-2H3,(H,22,26). The summed E-state index contributed by atoms with van der Waals surface area (Å²) in [5.41, 5.74) is 1.20. The van der Waals surface area contributed by atoms with Crippen molar-refractivity contribution in [1.29, 1.82) is 0 Å². The Hall–Kier alpha value is -2.91. The smallest absolute Gasteiger partial charge is 0.411 e. The van der Waals surface area contributed by atoms with E-state index in [0.717, 1.165) is 5.69 Å². The van der Waals surface area contributed by atoms with E-state index in [1.165, 1.54) is 35.7 Å². The molecule has 1 unspecified atom stereocenters. The van der Waals surface area contributed by atoms with Crippen molar-refractivity contribution in [3.63, 3.8) is 0 Å². The second kappa shape index (κ2) is 9.27. The first kappa shape index (κ1) is 21.8. The van der Waals surface area contributed by atoms with Gasteiger partial charge in [0.2, 0.25) is 15.9 Å². The van der Waals surface area contributed by atoms with Crippen molar-refractivity contribution in [2.45, 2.75) is 17.7 Å². The average Bonchev–Trinajstić information content (AvgIpc) is 2.79. The van der Waals surface area contributed by atoms with Crippen LogP contribution in [0.25, 0.3) is 0 Å². The Morgan fingerprint density at radius 1 is 1.10 bits per heavy atom. The minimum Gasteiger partial charge on any atom is -0.453 e. The highest BCUT2D eigenvalue weighted by atomic mass is 32.2. The zero-order valence-electron chi connectivity index (χ0n) is 16.9. The first-order chi connectivity index (χ1) is 14.3. The highest BCUT2D eigenvalue weighted by Gasteiger charge is 2.34. The van der Waals surface area contributed by atoms with E-state index in [1.807, 2.05) is 30.3 Å². The Morgan fingerprint density at radius 3 is 2.40 bits per heavy atom. The number of nitrogens with one attached hydrogen (secondary N) is 1. The summed E-state index contributed by atoms with van der Waals surface area (Å²) in [6, 6.07) is 15.1. The molecule has 9 heteroatoms. The minimum atomic E-state index is -3.75. The molecule has 160 valence electrons. The number of sulfonamides is 1. The lowest BCUT2D eigenvalue weighted by molar-refractivity contribution is -0.123. The van der Waals surface area contributed by atoms with Crippen molar-refractivity contribution in [3.05, 3.63) is 54.6 Å². The van der Waals surface area contributed by atoms with Crippen molar-refractivity contribution < 1.29 is 22.7 Å². The Kier molecular flexibility index (Phi) is 6.73. The fourth-order valence-corrected chi connectivity index (χ4v) is 4.97. The maximum absolute atomic E-state index is 13.1. The lowest BCUT2D eigenvalue weighted by atomic mass is 9.98. The molecule has 0 radical (unpaired) electrons. The second-order valence-corrected chi connectivity index (χ2v) is 9.01. The van der Waals surface area contributed by atoms with E-state index in [2.05, 4.69) is 10.1 Å². The van der Waals surface area contributed by atoms with Crippen molar-refractivity contribution >= 4 is 33.4 Å². The summed E-state index contributed by atoms with van der Waals surface area (Å²) >= 11 is 0. The van der Waals surface area contributed by atoms with Gasteiger partial charge in [-0.1, -0.05) is 18.2 Å². The van der Waals surface area contributed by atoms with Crippen LogP contribution >= 0.6 is 0 Å². The van der Waals surface area contributed by atoms with Crippen LogP contribution in [-0.4, -0.2) is 52.0 Å². The Balaban J connectivity index is 1.72. The third-order valence-corrected chi connectivity index (χ3v) is 7.01. The predicted molar refractivity (Wildman–Crippen MR) is 114 cm³/mol. The number of methoxy groups -OCH3 is 1. The Morgan fingerprint density at radius 2 is 1.77 bits per heavy atom. The van der Waals surface area contributed by atoms with Gasteiger partial charge in [-0.25, -0.2) is 13.2 Å². The molecule has 0 spiro atoms. The molecule has 0 aromatic heterocycles. The van der Waals surface area contributed by atoms with Gasteiger partial charge >= 0.3 is 6.09 Å². The van der Waals surface area contributed by atoms with Gasteiger partial charge in [-0.05, 0) is 49.2 Å². The molecule has 3 rings (SSSR count). The molecule has 1 saturated heterocycles. The van der Waals surface area contributed by atoms with E-state index in [1.54, 1.807) is 11.9 Å². The number of hydrogen-bond acceptors (Lipinski definition) is 5. The second-order valence-electron chi connectivity index (χ2n) is 7.08.